The summed E-state index contributed by atoms with van der Waals surface area (Å²) in [5.74, 6) is 1.96. The molecule has 0 N–H and O–H groups in total. The number of carbonyl (C=O) groups excluding carboxylic acids is 1. The molecule has 0 atom stereocenters. The van der Waals surface area contributed by atoms with Crippen molar-refractivity contribution < 1.29 is 13.9 Å². The lowest BCUT2D eigenvalue weighted by Crippen LogP contribution is -2.38. The van der Waals surface area contributed by atoms with Crippen molar-refractivity contribution >= 4 is 17.7 Å². The Bertz CT molecular complexity index is 1030. The minimum Gasteiger partial charge on any atom is -0.445 e. The predicted molar refractivity (Wildman–Crippen MR) is 106 cm³/mol. The zero-order valence-electron chi connectivity index (χ0n) is 16.8. The molecule has 0 saturated carbocycles. The van der Waals surface area contributed by atoms with Gasteiger partial charge in [-0.05, 0) is 48.2 Å². The molecule has 0 bridgehead atoms. The topological polar surface area (TPSA) is 112 Å². The highest BCUT2D eigenvalue weighted by Gasteiger charge is 2.28. The van der Waals surface area contributed by atoms with Gasteiger partial charge in [-0.3, -0.25) is 0 Å². The quantitative estimate of drug-likeness (QED) is 0.606. The van der Waals surface area contributed by atoms with Crippen molar-refractivity contribution in [3.05, 3.63) is 52.0 Å². The summed E-state index contributed by atoms with van der Waals surface area (Å²) in [5, 5.41) is 20.6. The minimum atomic E-state index is -0.342. The Hall–Kier alpha value is -3.01. The van der Waals surface area contributed by atoms with Crippen molar-refractivity contribution in [3.8, 4) is 0 Å². The van der Waals surface area contributed by atoms with Crippen LogP contribution in [0.1, 0.15) is 47.5 Å². The third-order valence-corrected chi connectivity index (χ3v) is 5.26. The van der Waals surface area contributed by atoms with E-state index in [9.17, 15) is 4.79 Å². The molecule has 30 heavy (non-hydrogen) atoms. The fourth-order valence-corrected chi connectivity index (χ4v) is 3.64. The number of ether oxygens (including phenoxy) is 1. The summed E-state index contributed by atoms with van der Waals surface area (Å²) in [5.41, 5.74) is 1.72. The summed E-state index contributed by atoms with van der Waals surface area (Å²) >= 11 is 6.14. The van der Waals surface area contributed by atoms with Gasteiger partial charge < -0.3 is 14.1 Å². The summed E-state index contributed by atoms with van der Waals surface area (Å²) in [4.78, 5) is 15.7. The highest BCUT2D eigenvalue weighted by atomic mass is 35.5. The van der Waals surface area contributed by atoms with Crippen LogP contribution in [-0.4, -0.2) is 54.5 Å². The second-order valence-corrected chi connectivity index (χ2v) is 7.69. The van der Waals surface area contributed by atoms with Crippen molar-refractivity contribution in [2.24, 2.45) is 0 Å². The molecule has 4 rings (SSSR count). The molecule has 11 heteroatoms. The van der Waals surface area contributed by atoms with Gasteiger partial charge in [-0.25, -0.2) is 4.79 Å². The average Bonchev–Trinajstić information content (AvgIpc) is 3.35. The van der Waals surface area contributed by atoms with Gasteiger partial charge >= 0.3 is 6.09 Å². The van der Waals surface area contributed by atoms with Crippen LogP contribution >= 0.6 is 11.6 Å². The number of tetrazole rings is 1. The smallest absolute Gasteiger partial charge is 0.410 e. The standard InChI is InChI=1S/C19H22ClN7O3/c1-12-21-25-27(24-12)10-16-9-17(20)4-3-15(16)11-29-19(28)26-7-5-14(6-8-26)18-23-22-13(2)30-18/h3-4,9,14H,5-8,10-11H2,1-2H3. The van der Waals surface area contributed by atoms with E-state index in [0.717, 1.165) is 24.0 Å². The number of hydrogen-bond acceptors (Lipinski definition) is 8. The summed E-state index contributed by atoms with van der Waals surface area (Å²) in [7, 11) is 0. The van der Waals surface area contributed by atoms with Crippen LogP contribution in [0.25, 0.3) is 0 Å². The van der Waals surface area contributed by atoms with E-state index in [1.165, 1.54) is 4.80 Å². The number of benzene rings is 1. The highest BCUT2D eigenvalue weighted by molar-refractivity contribution is 6.30. The molecule has 0 unspecified atom stereocenters. The monoisotopic (exact) mass is 431 g/mol. The van der Waals surface area contributed by atoms with Gasteiger partial charge in [-0.15, -0.1) is 20.4 Å². The molecule has 1 amide bonds. The van der Waals surface area contributed by atoms with Crippen LogP contribution in [0, 0.1) is 13.8 Å². The molecule has 1 fully saturated rings. The number of likely N-dealkylation sites (tertiary alicyclic amines) is 1. The molecule has 10 nitrogen and oxygen atoms in total. The lowest BCUT2D eigenvalue weighted by molar-refractivity contribution is 0.0853. The van der Waals surface area contributed by atoms with Crippen LogP contribution in [0.4, 0.5) is 4.79 Å². The second kappa shape index (κ2) is 8.78. The molecule has 0 radical (unpaired) electrons. The first-order valence-electron chi connectivity index (χ1n) is 9.71. The third kappa shape index (κ3) is 4.76. The lowest BCUT2D eigenvalue weighted by Gasteiger charge is -2.29. The van der Waals surface area contributed by atoms with E-state index in [2.05, 4.69) is 25.6 Å². The minimum absolute atomic E-state index is 0.141. The lowest BCUT2D eigenvalue weighted by atomic mass is 9.97. The van der Waals surface area contributed by atoms with E-state index in [4.69, 9.17) is 20.8 Å². The number of aryl methyl sites for hydroxylation is 2. The SMILES string of the molecule is Cc1nnn(Cc2cc(Cl)ccc2COC(=O)N2CCC(c3nnc(C)o3)CC2)n1. The van der Waals surface area contributed by atoms with E-state index in [-0.39, 0.29) is 18.6 Å². The fraction of sp³-hybridized carbons (Fsp3) is 0.474. The number of carbonyl (C=O) groups is 1. The molecular weight excluding hydrogens is 410 g/mol. The van der Waals surface area contributed by atoms with E-state index in [0.29, 0.717) is 42.3 Å². The Morgan fingerprint density at radius 1 is 1.20 bits per heavy atom. The van der Waals surface area contributed by atoms with Crippen molar-refractivity contribution in [2.45, 2.75) is 45.8 Å². The Balaban J connectivity index is 1.34. The largest absolute Gasteiger partial charge is 0.445 e. The number of piperidine rings is 1. The van der Waals surface area contributed by atoms with Gasteiger partial charge in [-0.1, -0.05) is 17.7 Å². The molecule has 1 aromatic carbocycles. The summed E-state index contributed by atoms with van der Waals surface area (Å²) < 4.78 is 11.1. The van der Waals surface area contributed by atoms with Crippen LogP contribution in [0.15, 0.2) is 22.6 Å². The van der Waals surface area contributed by atoms with Crippen LogP contribution in [0.3, 0.4) is 0 Å². The van der Waals surface area contributed by atoms with E-state index >= 15 is 0 Å². The molecule has 1 aliphatic rings. The predicted octanol–water partition coefficient (Wildman–Crippen LogP) is 2.89. The summed E-state index contributed by atoms with van der Waals surface area (Å²) in [6.07, 6.45) is 1.19. The first-order valence-corrected chi connectivity index (χ1v) is 10.1. The molecule has 1 saturated heterocycles. The van der Waals surface area contributed by atoms with Crippen LogP contribution in [0.2, 0.25) is 5.02 Å². The van der Waals surface area contributed by atoms with Gasteiger partial charge in [0.1, 0.15) is 6.61 Å². The number of hydrogen-bond donors (Lipinski definition) is 0. The number of rotatable bonds is 5. The number of halogens is 1. The maximum atomic E-state index is 12.5. The van der Waals surface area contributed by atoms with E-state index in [1.807, 2.05) is 12.1 Å². The zero-order valence-corrected chi connectivity index (χ0v) is 17.5. The van der Waals surface area contributed by atoms with Crippen molar-refractivity contribution in [1.82, 2.24) is 35.3 Å². The molecule has 0 spiro atoms. The Morgan fingerprint density at radius 2 is 2.00 bits per heavy atom. The van der Waals surface area contributed by atoms with Crippen molar-refractivity contribution in [1.29, 1.82) is 0 Å². The van der Waals surface area contributed by atoms with Crippen LogP contribution < -0.4 is 0 Å². The number of aromatic nitrogens is 6. The third-order valence-electron chi connectivity index (χ3n) is 5.03. The van der Waals surface area contributed by atoms with Gasteiger partial charge in [0.2, 0.25) is 11.8 Å². The molecule has 2 aromatic heterocycles. The maximum absolute atomic E-state index is 12.5. The fourth-order valence-electron chi connectivity index (χ4n) is 3.44. The average molecular weight is 432 g/mol. The maximum Gasteiger partial charge on any atom is 0.410 e. The molecule has 3 aromatic rings. The Labute approximate surface area is 178 Å². The van der Waals surface area contributed by atoms with Gasteiger partial charge in [0.15, 0.2) is 5.82 Å². The number of nitrogens with zero attached hydrogens (tertiary/aromatic N) is 7. The molecular formula is C19H22ClN7O3. The van der Waals surface area contributed by atoms with Crippen LogP contribution in [-0.2, 0) is 17.9 Å². The number of amides is 1. The van der Waals surface area contributed by atoms with Gasteiger partial charge in [-0.2, -0.15) is 4.80 Å². The van der Waals surface area contributed by atoms with Gasteiger partial charge in [0.25, 0.3) is 0 Å². The molecule has 1 aliphatic heterocycles. The first kappa shape index (κ1) is 20.3. The Morgan fingerprint density at radius 3 is 2.67 bits per heavy atom. The van der Waals surface area contributed by atoms with Gasteiger partial charge in [0, 0.05) is 31.0 Å². The highest BCUT2D eigenvalue weighted by Crippen LogP contribution is 2.27. The van der Waals surface area contributed by atoms with Crippen molar-refractivity contribution in [3.63, 3.8) is 0 Å². The zero-order chi connectivity index (χ0) is 21.1. The van der Waals surface area contributed by atoms with Crippen LogP contribution in [0.5, 0.6) is 0 Å². The summed E-state index contributed by atoms with van der Waals surface area (Å²) in [6, 6.07) is 5.44. The molecule has 0 aliphatic carbocycles. The molecule has 158 valence electrons. The molecule has 3 heterocycles. The van der Waals surface area contributed by atoms with E-state index < -0.39 is 0 Å². The van der Waals surface area contributed by atoms with Gasteiger partial charge in [0.05, 0.1) is 6.54 Å². The normalized spacial score (nSPS) is 14.8. The first-order chi connectivity index (χ1) is 14.5. The Kier molecular flexibility index (Phi) is 5.93. The summed E-state index contributed by atoms with van der Waals surface area (Å²) in [6.45, 7) is 5.24. The van der Waals surface area contributed by atoms with Crippen molar-refractivity contribution in [2.75, 3.05) is 13.1 Å². The second-order valence-electron chi connectivity index (χ2n) is 7.26. The van der Waals surface area contributed by atoms with E-state index in [1.54, 1.807) is 24.8 Å².